The van der Waals surface area contributed by atoms with E-state index in [2.05, 4.69) is 36.1 Å². The largest absolute Gasteiger partial charge is 0.444 e. The Hall–Kier alpha value is -2.67. The third-order valence-corrected chi connectivity index (χ3v) is 6.45. The molecule has 0 aliphatic carbocycles. The summed E-state index contributed by atoms with van der Waals surface area (Å²) in [6.07, 6.45) is 7.93. The lowest BCUT2D eigenvalue weighted by atomic mass is 9.95. The highest BCUT2D eigenvalue weighted by Gasteiger charge is 2.49. The van der Waals surface area contributed by atoms with Crippen molar-refractivity contribution in [3.63, 3.8) is 0 Å². The van der Waals surface area contributed by atoms with Gasteiger partial charge in [0.05, 0.1) is 23.4 Å². The number of pyridine rings is 1. The maximum Gasteiger partial charge on any atom is 0.255 e. The second kappa shape index (κ2) is 7.30. The van der Waals surface area contributed by atoms with E-state index in [0.29, 0.717) is 11.5 Å². The van der Waals surface area contributed by atoms with E-state index in [-0.39, 0.29) is 24.0 Å². The number of benzene rings is 1. The molecular weight excluding hydrogens is 432 g/mol. The predicted octanol–water partition coefficient (Wildman–Crippen LogP) is 4.67. The van der Waals surface area contributed by atoms with Crippen molar-refractivity contribution in [2.45, 2.75) is 44.3 Å². The number of hydrogen-bond donors (Lipinski definition) is 1. The SMILES string of the molecule is Cc1cccc(C(=O)N2[C@@H]3CC[C@H]2[C@H](Nc2ccc(Br)cn2)C3)c1-c1ncco1. The second-order valence-electron chi connectivity index (χ2n) is 7.69. The molecule has 7 heteroatoms. The summed E-state index contributed by atoms with van der Waals surface area (Å²) in [6, 6.07) is 10.3. The normalized spacial score (nSPS) is 22.8. The molecule has 2 aliphatic rings. The summed E-state index contributed by atoms with van der Waals surface area (Å²) in [6.45, 7) is 1.98. The van der Waals surface area contributed by atoms with Crippen molar-refractivity contribution in [2.24, 2.45) is 0 Å². The number of fused-ring (bicyclic) bond motifs is 2. The van der Waals surface area contributed by atoms with E-state index in [9.17, 15) is 4.79 Å². The van der Waals surface area contributed by atoms with Gasteiger partial charge in [-0.3, -0.25) is 4.79 Å². The van der Waals surface area contributed by atoms with Crippen LogP contribution in [-0.4, -0.2) is 38.9 Å². The highest BCUT2D eigenvalue weighted by molar-refractivity contribution is 9.10. The highest BCUT2D eigenvalue weighted by atomic mass is 79.9. The van der Waals surface area contributed by atoms with Crippen LogP contribution in [0.25, 0.3) is 11.5 Å². The van der Waals surface area contributed by atoms with Crippen molar-refractivity contribution in [1.29, 1.82) is 0 Å². The number of amides is 1. The number of nitrogens with one attached hydrogen (secondary N) is 1. The number of nitrogens with zero attached hydrogens (tertiary/aromatic N) is 3. The van der Waals surface area contributed by atoms with Gasteiger partial charge in [-0.25, -0.2) is 9.97 Å². The molecule has 148 valence electrons. The molecule has 3 aromatic rings. The van der Waals surface area contributed by atoms with Crippen molar-refractivity contribution in [3.05, 3.63) is 64.6 Å². The summed E-state index contributed by atoms with van der Waals surface area (Å²) in [5, 5.41) is 3.53. The Bertz CT molecular complexity index is 1040. The van der Waals surface area contributed by atoms with Gasteiger partial charge in [0.1, 0.15) is 12.1 Å². The molecule has 2 aliphatic heterocycles. The fraction of sp³-hybridized carbons (Fsp3) is 0.318. The summed E-state index contributed by atoms with van der Waals surface area (Å²) in [4.78, 5) is 24.4. The van der Waals surface area contributed by atoms with Crippen LogP contribution >= 0.6 is 15.9 Å². The quantitative estimate of drug-likeness (QED) is 0.622. The van der Waals surface area contributed by atoms with E-state index in [0.717, 1.165) is 40.7 Å². The van der Waals surface area contributed by atoms with E-state index in [1.54, 1.807) is 18.7 Å². The molecule has 2 saturated heterocycles. The summed E-state index contributed by atoms with van der Waals surface area (Å²) < 4.78 is 6.48. The molecule has 1 aromatic carbocycles. The Morgan fingerprint density at radius 3 is 2.90 bits per heavy atom. The monoisotopic (exact) mass is 452 g/mol. The van der Waals surface area contributed by atoms with Gasteiger partial charge in [-0.2, -0.15) is 0 Å². The lowest BCUT2D eigenvalue weighted by molar-refractivity contribution is 0.0728. The molecule has 2 fully saturated rings. The molecule has 5 rings (SSSR count). The molecule has 1 N–H and O–H groups in total. The smallest absolute Gasteiger partial charge is 0.255 e. The van der Waals surface area contributed by atoms with Gasteiger partial charge in [-0.05, 0) is 65.9 Å². The van der Waals surface area contributed by atoms with Crippen LogP contribution < -0.4 is 5.32 Å². The summed E-state index contributed by atoms with van der Waals surface area (Å²) in [7, 11) is 0. The lowest BCUT2D eigenvalue weighted by Gasteiger charge is -2.26. The number of rotatable bonds is 4. The minimum absolute atomic E-state index is 0.0578. The van der Waals surface area contributed by atoms with Gasteiger partial charge in [0.25, 0.3) is 5.91 Å². The fourth-order valence-corrected chi connectivity index (χ4v) is 4.96. The molecule has 0 saturated carbocycles. The van der Waals surface area contributed by atoms with Crippen LogP contribution in [0.4, 0.5) is 5.82 Å². The first-order chi connectivity index (χ1) is 14.1. The predicted molar refractivity (Wildman–Crippen MR) is 114 cm³/mol. The Labute approximate surface area is 177 Å². The van der Waals surface area contributed by atoms with Crippen molar-refractivity contribution < 1.29 is 9.21 Å². The number of aromatic nitrogens is 2. The Balaban J connectivity index is 1.43. The number of oxazole rings is 1. The molecule has 1 amide bonds. The number of hydrogen-bond acceptors (Lipinski definition) is 5. The molecule has 0 radical (unpaired) electrons. The highest BCUT2D eigenvalue weighted by Crippen LogP contribution is 2.41. The molecule has 4 heterocycles. The summed E-state index contributed by atoms with van der Waals surface area (Å²) in [5.74, 6) is 1.39. The first-order valence-electron chi connectivity index (χ1n) is 9.82. The minimum Gasteiger partial charge on any atom is -0.444 e. The van der Waals surface area contributed by atoms with Crippen molar-refractivity contribution in [1.82, 2.24) is 14.9 Å². The zero-order valence-corrected chi connectivity index (χ0v) is 17.6. The Kier molecular flexibility index (Phi) is 4.62. The van der Waals surface area contributed by atoms with Crippen LogP contribution in [0.1, 0.15) is 35.2 Å². The number of aryl methyl sites for hydroxylation is 1. The average Bonchev–Trinajstić information content (AvgIpc) is 3.45. The van der Waals surface area contributed by atoms with Crippen molar-refractivity contribution in [2.75, 3.05) is 5.32 Å². The van der Waals surface area contributed by atoms with Gasteiger partial charge in [0.2, 0.25) is 5.89 Å². The zero-order valence-electron chi connectivity index (χ0n) is 16.0. The first-order valence-corrected chi connectivity index (χ1v) is 10.6. The van der Waals surface area contributed by atoms with Gasteiger partial charge in [-0.1, -0.05) is 12.1 Å². The van der Waals surface area contributed by atoms with Gasteiger partial charge in [0, 0.05) is 22.8 Å². The Morgan fingerprint density at radius 2 is 2.14 bits per heavy atom. The average molecular weight is 453 g/mol. The lowest BCUT2D eigenvalue weighted by Crippen LogP contribution is -2.40. The standard InChI is InChI=1S/C22H21BrN4O2/c1-13-3-2-4-16(20(13)21-24-9-10-29-21)22(28)27-15-6-7-18(27)17(11-15)26-19-8-5-14(23)12-25-19/h2-5,8-10,12,15,17-18H,6-7,11H2,1H3,(H,25,26)/t15-,17-,18+/m1/s1. The molecular formula is C22H21BrN4O2. The van der Waals surface area contributed by atoms with Crippen LogP contribution in [-0.2, 0) is 0 Å². The fourth-order valence-electron chi connectivity index (χ4n) is 4.73. The van der Waals surface area contributed by atoms with E-state index in [1.807, 2.05) is 37.3 Å². The molecule has 6 nitrogen and oxygen atoms in total. The van der Waals surface area contributed by atoms with Crippen molar-refractivity contribution >= 4 is 27.7 Å². The maximum atomic E-state index is 13.6. The van der Waals surface area contributed by atoms with Gasteiger partial charge < -0.3 is 14.6 Å². The topological polar surface area (TPSA) is 71.3 Å². The van der Waals surface area contributed by atoms with Gasteiger partial charge in [-0.15, -0.1) is 0 Å². The molecule has 2 bridgehead atoms. The van der Waals surface area contributed by atoms with E-state index >= 15 is 0 Å². The molecule has 3 atom stereocenters. The second-order valence-corrected chi connectivity index (χ2v) is 8.61. The van der Waals surface area contributed by atoms with Gasteiger partial charge in [0.15, 0.2) is 0 Å². The van der Waals surface area contributed by atoms with E-state index in [1.165, 1.54) is 0 Å². The molecule has 0 spiro atoms. The van der Waals surface area contributed by atoms with Gasteiger partial charge >= 0.3 is 0 Å². The van der Waals surface area contributed by atoms with Crippen LogP contribution in [0.15, 0.2) is 57.9 Å². The molecule has 2 aromatic heterocycles. The third kappa shape index (κ3) is 3.23. The van der Waals surface area contributed by atoms with E-state index < -0.39 is 0 Å². The van der Waals surface area contributed by atoms with Crippen LogP contribution in [0.2, 0.25) is 0 Å². The van der Waals surface area contributed by atoms with Crippen LogP contribution in [0.3, 0.4) is 0 Å². The molecule has 29 heavy (non-hydrogen) atoms. The minimum atomic E-state index is 0.0578. The first kappa shape index (κ1) is 18.4. The number of carbonyl (C=O) groups excluding carboxylic acids is 1. The third-order valence-electron chi connectivity index (χ3n) is 5.98. The number of halogens is 1. The van der Waals surface area contributed by atoms with Crippen LogP contribution in [0, 0.1) is 6.92 Å². The van der Waals surface area contributed by atoms with E-state index in [4.69, 9.17) is 4.42 Å². The molecule has 0 unspecified atom stereocenters. The number of carbonyl (C=O) groups is 1. The number of anilines is 1. The Morgan fingerprint density at radius 1 is 1.24 bits per heavy atom. The maximum absolute atomic E-state index is 13.6. The summed E-state index contributed by atoms with van der Waals surface area (Å²) >= 11 is 3.42. The summed E-state index contributed by atoms with van der Waals surface area (Å²) in [5.41, 5.74) is 2.43. The van der Waals surface area contributed by atoms with Crippen LogP contribution in [0.5, 0.6) is 0 Å². The van der Waals surface area contributed by atoms with Crippen molar-refractivity contribution in [3.8, 4) is 11.5 Å². The zero-order chi connectivity index (χ0) is 20.0.